The summed E-state index contributed by atoms with van der Waals surface area (Å²) in [5, 5.41) is 0. The normalized spacial score (nSPS) is 11.8. The van der Waals surface area contributed by atoms with Gasteiger partial charge in [-0.2, -0.15) is 0 Å². The summed E-state index contributed by atoms with van der Waals surface area (Å²) in [4.78, 5) is 10.7. The van der Waals surface area contributed by atoms with E-state index in [1.54, 1.807) is 6.08 Å². The van der Waals surface area contributed by atoms with Gasteiger partial charge in [-0.25, -0.2) is 4.79 Å². The van der Waals surface area contributed by atoms with E-state index < -0.39 is 6.09 Å². The maximum Gasteiger partial charge on any atom is 0.405 e. The van der Waals surface area contributed by atoms with Crippen LogP contribution in [0.3, 0.4) is 0 Å². The lowest BCUT2D eigenvalue weighted by Gasteiger charge is -2.15. The molecule has 80 valence electrons. The molecule has 0 saturated heterocycles. The second-order valence-electron chi connectivity index (χ2n) is 3.00. The molecule has 0 aliphatic rings. The van der Waals surface area contributed by atoms with E-state index >= 15 is 0 Å². The number of primary amides is 1. The largest absolute Gasteiger partial charge is 0.441 e. The number of ether oxygens (including phenoxy) is 1. The predicted molar refractivity (Wildman–Crippen MR) is 62.4 cm³/mol. The first-order valence-corrected chi connectivity index (χ1v) is 5.25. The van der Waals surface area contributed by atoms with Crippen molar-refractivity contribution in [1.29, 1.82) is 0 Å². The molecule has 2 N–H and O–H groups in total. The highest BCUT2D eigenvalue weighted by molar-refractivity contribution is 9.10. The van der Waals surface area contributed by atoms with Crippen LogP contribution in [-0.2, 0) is 4.74 Å². The van der Waals surface area contributed by atoms with Gasteiger partial charge in [-0.3, -0.25) is 0 Å². The fourth-order valence-electron chi connectivity index (χ4n) is 1.25. The van der Waals surface area contributed by atoms with E-state index in [1.165, 1.54) is 0 Å². The standard InChI is InChI=1S/C11H12BrNO2/c1-2-4-10(15-11(13)14)8-5-3-6-9(12)7-8/h2-3,5-7,10H,1,4H2,(H2,13,14)/t10-/m0/s1. The van der Waals surface area contributed by atoms with Crippen LogP contribution in [-0.4, -0.2) is 6.09 Å². The number of halogens is 1. The number of hydrogen-bond acceptors (Lipinski definition) is 2. The van der Waals surface area contributed by atoms with Gasteiger partial charge < -0.3 is 10.5 Å². The molecular formula is C11H12BrNO2. The summed E-state index contributed by atoms with van der Waals surface area (Å²) in [6, 6.07) is 7.54. The molecule has 4 heteroatoms. The molecule has 1 aromatic rings. The van der Waals surface area contributed by atoms with Crippen molar-refractivity contribution in [2.75, 3.05) is 0 Å². The minimum absolute atomic E-state index is 0.363. The van der Waals surface area contributed by atoms with Crippen LogP contribution >= 0.6 is 15.9 Å². The van der Waals surface area contributed by atoms with Crippen LogP contribution in [0.15, 0.2) is 41.4 Å². The van der Waals surface area contributed by atoms with Crippen molar-refractivity contribution in [1.82, 2.24) is 0 Å². The number of carbonyl (C=O) groups excluding carboxylic acids is 1. The molecule has 1 atom stereocenters. The molecule has 0 fully saturated rings. The highest BCUT2D eigenvalue weighted by atomic mass is 79.9. The van der Waals surface area contributed by atoms with Crippen LogP contribution < -0.4 is 5.73 Å². The Hall–Kier alpha value is -1.29. The summed E-state index contributed by atoms with van der Waals surface area (Å²) in [5.74, 6) is 0. The van der Waals surface area contributed by atoms with Gasteiger partial charge in [0.05, 0.1) is 0 Å². The average Bonchev–Trinajstić information content (AvgIpc) is 2.16. The Labute approximate surface area is 97.0 Å². The average molecular weight is 270 g/mol. The minimum Gasteiger partial charge on any atom is -0.441 e. The van der Waals surface area contributed by atoms with E-state index in [1.807, 2.05) is 24.3 Å². The lowest BCUT2D eigenvalue weighted by molar-refractivity contribution is 0.108. The lowest BCUT2D eigenvalue weighted by Crippen LogP contribution is -2.17. The highest BCUT2D eigenvalue weighted by Crippen LogP contribution is 2.24. The van der Waals surface area contributed by atoms with Crippen molar-refractivity contribution in [2.24, 2.45) is 5.73 Å². The number of nitrogens with two attached hydrogens (primary N) is 1. The fraction of sp³-hybridized carbons (Fsp3) is 0.182. The molecule has 15 heavy (non-hydrogen) atoms. The van der Waals surface area contributed by atoms with E-state index in [9.17, 15) is 4.79 Å². The molecule has 3 nitrogen and oxygen atoms in total. The molecule has 0 aromatic heterocycles. The Morgan fingerprint density at radius 3 is 2.93 bits per heavy atom. The molecule has 0 spiro atoms. The summed E-state index contributed by atoms with van der Waals surface area (Å²) in [7, 11) is 0. The number of hydrogen-bond donors (Lipinski definition) is 1. The van der Waals surface area contributed by atoms with Gasteiger partial charge in [-0.15, -0.1) is 6.58 Å². The number of benzene rings is 1. The van der Waals surface area contributed by atoms with Crippen molar-refractivity contribution >= 4 is 22.0 Å². The topological polar surface area (TPSA) is 52.3 Å². The van der Waals surface area contributed by atoms with Crippen LogP contribution in [0.4, 0.5) is 4.79 Å². The van der Waals surface area contributed by atoms with Gasteiger partial charge in [-0.05, 0) is 17.7 Å². The van der Waals surface area contributed by atoms with E-state index in [4.69, 9.17) is 10.5 Å². The van der Waals surface area contributed by atoms with Crippen molar-refractivity contribution in [3.05, 3.63) is 47.0 Å². The zero-order chi connectivity index (χ0) is 11.3. The molecule has 0 bridgehead atoms. The Morgan fingerprint density at radius 2 is 2.40 bits per heavy atom. The van der Waals surface area contributed by atoms with E-state index in [2.05, 4.69) is 22.5 Å². The second-order valence-corrected chi connectivity index (χ2v) is 3.92. The Bertz CT molecular complexity index is 365. The van der Waals surface area contributed by atoms with Crippen molar-refractivity contribution in [2.45, 2.75) is 12.5 Å². The third kappa shape index (κ3) is 3.75. The summed E-state index contributed by atoms with van der Waals surface area (Å²) < 4.78 is 5.91. The molecule has 0 heterocycles. The van der Waals surface area contributed by atoms with Gasteiger partial charge in [0.15, 0.2) is 0 Å². The van der Waals surface area contributed by atoms with E-state index in [-0.39, 0.29) is 6.10 Å². The SMILES string of the molecule is C=CC[C@H](OC(N)=O)c1cccc(Br)c1. The van der Waals surface area contributed by atoms with Crippen LogP contribution in [0.2, 0.25) is 0 Å². The third-order valence-electron chi connectivity index (χ3n) is 1.86. The monoisotopic (exact) mass is 269 g/mol. The molecule has 0 unspecified atom stereocenters. The fourth-order valence-corrected chi connectivity index (χ4v) is 1.67. The molecule has 0 radical (unpaired) electrons. The maximum atomic E-state index is 10.7. The quantitative estimate of drug-likeness (QED) is 0.854. The van der Waals surface area contributed by atoms with Gasteiger partial charge in [0, 0.05) is 10.9 Å². The molecule has 0 saturated carbocycles. The van der Waals surface area contributed by atoms with Crippen molar-refractivity contribution in [3.8, 4) is 0 Å². The molecule has 1 aromatic carbocycles. The Morgan fingerprint density at radius 1 is 1.67 bits per heavy atom. The summed E-state index contributed by atoms with van der Waals surface area (Å²) in [5.41, 5.74) is 5.88. The number of amides is 1. The minimum atomic E-state index is -0.776. The van der Waals surface area contributed by atoms with E-state index in [0.29, 0.717) is 6.42 Å². The van der Waals surface area contributed by atoms with Gasteiger partial charge in [0.25, 0.3) is 0 Å². The summed E-state index contributed by atoms with van der Waals surface area (Å²) in [6.45, 7) is 3.61. The molecule has 1 amide bonds. The molecule has 0 aliphatic heterocycles. The Balaban J connectivity index is 2.87. The Kier molecular flexibility index (Phi) is 4.37. The smallest absolute Gasteiger partial charge is 0.405 e. The predicted octanol–water partition coefficient (Wildman–Crippen LogP) is 3.16. The maximum absolute atomic E-state index is 10.7. The first kappa shape index (κ1) is 11.8. The number of rotatable bonds is 4. The zero-order valence-corrected chi connectivity index (χ0v) is 9.74. The van der Waals surface area contributed by atoms with Gasteiger partial charge in [-0.1, -0.05) is 34.1 Å². The third-order valence-corrected chi connectivity index (χ3v) is 2.35. The zero-order valence-electron chi connectivity index (χ0n) is 8.15. The second kappa shape index (κ2) is 5.56. The van der Waals surface area contributed by atoms with Gasteiger partial charge >= 0.3 is 6.09 Å². The van der Waals surface area contributed by atoms with Crippen LogP contribution in [0, 0.1) is 0 Å². The molecule has 1 rings (SSSR count). The first-order chi connectivity index (χ1) is 7.13. The summed E-state index contributed by atoms with van der Waals surface area (Å²) in [6.07, 6.45) is 1.09. The lowest BCUT2D eigenvalue weighted by atomic mass is 10.1. The van der Waals surface area contributed by atoms with E-state index in [0.717, 1.165) is 10.0 Å². The summed E-state index contributed by atoms with van der Waals surface area (Å²) >= 11 is 3.35. The van der Waals surface area contributed by atoms with Gasteiger partial charge in [0.2, 0.25) is 0 Å². The molecule has 0 aliphatic carbocycles. The van der Waals surface area contributed by atoms with Crippen molar-refractivity contribution in [3.63, 3.8) is 0 Å². The van der Waals surface area contributed by atoms with Crippen LogP contribution in [0.1, 0.15) is 18.1 Å². The van der Waals surface area contributed by atoms with Crippen molar-refractivity contribution < 1.29 is 9.53 Å². The molecular weight excluding hydrogens is 258 g/mol. The van der Waals surface area contributed by atoms with Crippen LogP contribution in [0.5, 0.6) is 0 Å². The van der Waals surface area contributed by atoms with Crippen LogP contribution in [0.25, 0.3) is 0 Å². The number of carbonyl (C=O) groups is 1. The first-order valence-electron chi connectivity index (χ1n) is 4.46. The highest BCUT2D eigenvalue weighted by Gasteiger charge is 2.13. The van der Waals surface area contributed by atoms with Gasteiger partial charge in [0.1, 0.15) is 6.10 Å².